The second-order valence-corrected chi connectivity index (χ2v) is 6.35. The molecular weight excluding hydrogens is 320 g/mol. The van der Waals surface area contributed by atoms with Crippen molar-refractivity contribution < 1.29 is 19.4 Å². The Morgan fingerprint density at radius 1 is 1.16 bits per heavy atom. The highest BCUT2D eigenvalue weighted by molar-refractivity contribution is 5.95. The Kier molecular flexibility index (Phi) is 4.97. The molecule has 2 aromatic rings. The fraction of sp³-hybridized carbons (Fsp3) is 0.316. The number of hydrogen-bond acceptors (Lipinski definition) is 4. The summed E-state index contributed by atoms with van der Waals surface area (Å²) in [6, 6.07) is 12.6. The van der Waals surface area contributed by atoms with E-state index >= 15 is 0 Å². The van der Waals surface area contributed by atoms with E-state index in [4.69, 9.17) is 4.74 Å². The molecule has 25 heavy (non-hydrogen) atoms. The van der Waals surface area contributed by atoms with E-state index in [1.807, 2.05) is 25.1 Å². The number of rotatable bonds is 4. The van der Waals surface area contributed by atoms with E-state index in [0.29, 0.717) is 24.5 Å². The van der Waals surface area contributed by atoms with Crippen LogP contribution < -0.4 is 4.74 Å². The van der Waals surface area contributed by atoms with Crippen LogP contribution in [0.1, 0.15) is 23.8 Å². The Balaban J connectivity index is 1.83. The van der Waals surface area contributed by atoms with Crippen molar-refractivity contribution in [2.75, 3.05) is 13.1 Å². The summed E-state index contributed by atoms with van der Waals surface area (Å²) in [6.45, 7) is 2.67. The second kappa shape index (κ2) is 7.34. The zero-order chi connectivity index (χ0) is 17.8. The number of hydrogen-bond donors (Lipinski definition) is 1. The third-order valence-electron chi connectivity index (χ3n) is 4.24. The molecule has 3 rings (SSSR count). The second-order valence-electron chi connectivity index (χ2n) is 6.35. The van der Waals surface area contributed by atoms with Crippen LogP contribution in [0.4, 0.5) is 0 Å². The summed E-state index contributed by atoms with van der Waals surface area (Å²) in [6.07, 6.45) is 2.11. The zero-order valence-corrected chi connectivity index (χ0v) is 14.0. The molecular formula is C19H20N2O4. The predicted octanol–water partition coefficient (Wildman–Crippen LogP) is 3.06. The normalized spacial score (nSPS) is 20.1. The molecule has 1 aliphatic rings. The predicted molar refractivity (Wildman–Crippen MR) is 91.6 cm³/mol. The van der Waals surface area contributed by atoms with Crippen LogP contribution in [-0.4, -0.2) is 40.0 Å². The van der Waals surface area contributed by atoms with Gasteiger partial charge in [0, 0.05) is 19.3 Å². The molecule has 0 saturated carbocycles. The van der Waals surface area contributed by atoms with E-state index in [1.54, 1.807) is 29.2 Å². The van der Waals surface area contributed by atoms with Crippen LogP contribution in [0.25, 0.3) is 0 Å². The van der Waals surface area contributed by atoms with Gasteiger partial charge in [-0.25, -0.2) is 4.98 Å². The van der Waals surface area contributed by atoms with Crippen LogP contribution in [0.2, 0.25) is 0 Å². The lowest BCUT2D eigenvalue weighted by molar-refractivity contribution is -0.143. The van der Waals surface area contributed by atoms with Gasteiger partial charge < -0.3 is 14.7 Å². The summed E-state index contributed by atoms with van der Waals surface area (Å²) in [5, 5.41) is 9.30. The third kappa shape index (κ3) is 3.96. The first-order chi connectivity index (χ1) is 12.0. The molecule has 130 valence electrons. The summed E-state index contributed by atoms with van der Waals surface area (Å²) in [5.41, 5.74) is 0.199. The maximum absolute atomic E-state index is 12.9. The number of carbonyl (C=O) groups excluding carboxylic acids is 1. The fourth-order valence-corrected chi connectivity index (χ4v) is 3.10. The molecule has 2 atom stereocenters. The molecule has 0 aliphatic carbocycles. The number of ether oxygens (including phenoxy) is 1. The van der Waals surface area contributed by atoms with E-state index in [1.165, 1.54) is 6.20 Å². The van der Waals surface area contributed by atoms with Crippen molar-refractivity contribution in [1.29, 1.82) is 0 Å². The SMILES string of the molecule is CC1CC(C(=O)O)CN(C(=O)c2ncccc2Oc2ccccc2)C1. The minimum atomic E-state index is -0.869. The highest BCUT2D eigenvalue weighted by Gasteiger charge is 2.33. The van der Waals surface area contributed by atoms with Gasteiger partial charge in [-0.05, 0) is 36.6 Å². The van der Waals surface area contributed by atoms with Crippen molar-refractivity contribution in [1.82, 2.24) is 9.88 Å². The van der Waals surface area contributed by atoms with Crippen LogP contribution >= 0.6 is 0 Å². The first-order valence-corrected chi connectivity index (χ1v) is 8.24. The fourth-order valence-electron chi connectivity index (χ4n) is 3.10. The number of para-hydroxylation sites is 1. The van der Waals surface area contributed by atoms with Gasteiger partial charge in [0.05, 0.1) is 5.92 Å². The van der Waals surface area contributed by atoms with E-state index in [-0.39, 0.29) is 24.1 Å². The molecule has 1 N–H and O–H groups in total. The van der Waals surface area contributed by atoms with Gasteiger partial charge in [-0.3, -0.25) is 9.59 Å². The lowest BCUT2D eigenvalue weighted by Crippen LogP contribution is -2.45. The van der Waals surface area contributed by atoms with Crippen molar-refractivity contribution >= 4 is 11.9 Å². The quantitative estimate of drug-likeness (QED) is 0.925. The molecule has 2 unspecified atom stereocenters. The van der Waals surface area contributed by atoms with Crippen molar-refractivity contribution in [3.8, 4) is 11.5 Å². The number of carboxylic acids is 1. The number of benzene rings is 1. The molecule has 1 aliphatic heterocycles. The Morgan fingerprint density at radius 3 is 2.64 bits per heavy atom. The van der Waals surface area contributed by atoms with Crippen LogP contribution in [0.3, 0.4) is 0 Å². The van der Waals surface area contributed by atoms with Gasteiger partial charge in [0.25, 0.3) is 5.91 Å². The van der Waals surface area contributed by atoms with Gasteiger partial charge in [0.2, 0.25) is 0 Å². The van der Waals surface area contributed by atoms with Crippen LogP contribution in [0, 0.1) is 11.8 Å². The van der Waals surface area contributed by atoms with Gasteiger partial charge >= 0.3 is 5.97 Å². The Morgan fingerprint density at radius 2 is 1.92 bits per heavy atom. The standard InChI is InChI=1S/C19H20N2O4/c1-13-10-14(19(23)24)12-21(11-13)18(22)17-16(8-5-9-20-17)25-15-6-3-2-4-7-15/h2-9,13-14H,10-12H2,1H3,(H,23,24). The molecule has 6 heteroatoms. The summed E-state index contributed by atoms with van der Waals surface area (Å²) in [5.74, 6) is -0.616. The monoisotopic (exact) mass is 340 g/mol. The molecule has 0 radical (unpaired) electrons. The molecule has 1 aromatic carbocycles. The smallest absolute Gasteiger partial charge is 0.308 e. The maximum Gasteiger partial charge on any atom is 0.308 e. The molecule has 2 heterocycles. The highest BCUT2D eigenvalue weighted by atomic mass is 16.5. The van der Waals surface area contributed by atoms with Crippen LogP contribution in [-0.2, 0) is 4.79 Å². The van der Waals surface area contributed by atoms with Crippen molar-refractivity contribution in [3.05, 3.63) is 54.4 Å². The lowest BCUT2D eigenvalue weighted by atomic mass is 9.90. The third-order valence-corrected chi connectivity index (χ3v) is 4.24. The van der Waals surface area contributed by atoms with Gasteiger partial charge in [-0.2, -0.15) is 0 Å². The minimum Gasteiger partial charge on any atom is -0.481 e. The number of aliphatic carboxylic acids is 1. The zero-order valence-electron chi connectivity index (χ0n) is 14.0. The van der Waals surface area contributed by atoms with Crippen LogP contribution in [0.15, 0.2) is 48.7 Å². The van der Waals surface area contributed by atoms with E-state index in [0.717, 1.165) is 0 Å². The number of nitrogens with zero attached hydrogens (tertiary/aromatic N) is 2. The average Bonchev–Trinajstić information content (AvgIpc) is 2.62. The van der Waals surface area contributed by atoms with Gasteiger partial charge in [-0.15, -0.1) is 0 Å². The lowest BCUT2D eigenvalue weighted by Gasteiger charge is -2.34. The van der Waals surface area contributed by atoms with Gasteiger partial charge in [-0.1, -0.05) is 25.1 Å². The summed E-state index contributed by atoms with van der Waals surface area (Å²) >= 11 is 0. The topological polar surface area (TPSA) is 79.7 Å². The van der Waals surface area contributed by atoms with Crippen molar-refractivity contribution in [2.24, 2.45) is 11.8 Å². The average molecular weight is 340 g/mol. The Bertz CT molecular complexity index is 763. The number of piperidine rings is 1. The molecule has 1 aromatic heterocycles. The van der Waals surface area contributed by atoms with E-state index in [9.17, 15) is 14.7 Å². The highest BCUT2D eigenvalue weighted by Crippen LogP contribution is 2.27. The molecule has 1 amide bonds. The molecule has 6 nitrogen and oxygen atoms in total. The van der Waals surface area contributed by atoms with Crippen LogP contribution in [0.5, 0.6) is 11.5 Å². The molecule has 1 fully saturated rings. The number of likely N-dealkylation sites (tertiary alicyclic amines) is 1. The molecule has 0 spiro atoms. The van der Waals surface area contributed by atoms with E-state index in [2.05, 4.69) is 4.98 Å². The van der Waals surface area contributed by atoms with Gasteiger partial charge in [0.15, 0.2) is 11.4 Å². The number of amides is 1. The first kappa shape index (κ1) is 17.0. The number of aromatic nitrogens is 1. The van der Waals surface area contributed by atoms with E-state index < -0.39 is 11.9 Å². The Labute approximate surface area is 146 Å². The summed E-state index contributed by atoms with van der Waals surface area (Å²) in [7, 11) is 0. The number of carbonyl (C=O) groups is 2. The molecule has 0 bridgehead atoms. The number of pyridine rings is 1. The van der Waals surface area contributed by atoms with Crippen molar-refractivity contribution in [3.63, 3.8) is 0 Å². The molecule has 1 saturated heterocycles. The maximum atomic E-state index is 12.9. The summed E-state index contributed by atoms with van der Waals surface area (Å²) in [4.78, 5) is 30.0. The Hall–Kier alpha value is -2.89. The first-order valence-electron chi connectivity index (χ1n) is 8.24. The van der Waals surface area contributed by atoms with Gasteiger partial charge in [0.1, 0.15) is 5.75 Å². The van der Waals surface area contributed by atoms with Crippen molar-refractivity contribution in [2.45, 2.75) is 13.3 Å². The summed E-state index contributed by atoms with van der Waals surface area (Å²) < 4.78 is 5.80. The minimum absolute atomic E-state index is 0.126. The number of carboxylic acid groups (broad SMARTS) is 1. The largest absolute Gasteiger partial charge is 0.481 e.